The monoisotopic (exact) mass is 439 g/mol. The van der Waals surface area contributed by atoms with Crippen LogP contribution in [0.1, 0.15) is 48.0 Å². The maximum absolute atomic E-state index is 14.4. The van der Waals surface area contributed by atoms with Gasteiger partial charge in [0.15, 0.2) is 11.9 Å². The van der Waals surface area contributed by atoms with Gasteiger partial charge in [-0.15, -0.1) is 0 Å². The summed E-state index contributed by atoms with van der Waals surface area (Å²) in [4.78, 5) is 27.2. The summed E-state index contributed by atoms with van der Waals surface area (Å²) >= 11 is 0. The minimum atomic E-state index is -1.75. The second-order valence-corrected chi connectivity index (χ2v) is 11.0. The van der Waals surface area contributed by atoms with Crippen molar-refractivity contribution >= 4 is 19.4 Å². The van der Waals surface area contributed by atoms with Crippen molar-refractivity contribution in [2.24, 2.45) is 34.5 Å². The lowest BCUT2D eigenvalue weighted by molar-refractivity contribution is -0.201. The molecule has 6 nitrogen and oxygen atoms in total. The molecule has 0 amide bonds. The predicted octanol–water partition coefficient (Wildman–Crippen LogP) is 2.93. The van der Waals surface area contributed by atoms with Gasteiger partial charge in [-0.05, 0) is 61.5 Å². The average Bonchev–Trinajstić information content (AvgIpc) is 3.25. The van der Waals surface area contributed by atoms with Crippen molar-refractivity contribution in [1.29, 1.82) is 0 Å². The van der Waals surface area contributed by atoms with E-state index in [0.717, 1.165) is 12.0 Å². The molecule has 1 aliphatic heterocycles. The van der Waals surface area contributed by atoms with E-state index in [9.17, 15) is 14.7 Å². The van der Waals surface area contributed by atoms with Crippen LogP contribution in [0.5, 0.6) is 0 Å². The van der Waals surface area contributed by atoms with Crippen molar-refractivity contribution in [3.05, 3.63) is 34.9 Å². The van der Waals surface area contributed by atoms with Crippen molar-refractivity contribution in [3.63, 3.8) is 0 Å². The summed E-state index contributed by atoms with van der Waals surface area (Å²) in [5.74, 6) is -0.333. The zero-order valence-electron chi connectivity index (χ0n) is 19.7. The molecule has 171 valence electrons. The fraction of sp³-hybridized carbons (Fsp3) is 0.680. The minimum Gasteiger partial charge on any atom is -0.451 e. The number of fused-ring (bicyclic) bond motifs is 5. The topological polar surface area (TPSA) is 82.1 Å². The van der Waals surface area contributed by atoms with E-state index in [-0.39, 0.29) is 35.6 Å². The molecule has 1 N–H and O–H groups in total. The number of ketones is 1. The van der Waals surface area contributed by atoms with Gasteiger partial charge >= 0.3 is 13.7 Å². The van der Waals surface area contributed by atoms with Crippen LogP contribution in [0.2, 0.25) is 0 Å². The maximum Gasteiger partial charge on any atom is 0.488 e. The molecule has 1 unspecified atom stereocenters. The Labute approximate surface area is 190 Å². The SMILES string of the molecule is C/C=C(/C)C(=O)O[C@H]1C(C)=C[C@@]23C(=O)[C@@H](C=C4CO[B]O[C@H]4[C@]12O)[C@H]1[C@@H](CC3C)C1(C)C. The molecular weight excluding hydrogens is 407 g/mol. The van der Waals surface area contributed by atoms with Crippen molar-refractivity contribution in [2.45, 2.75) is 65.8 Å². The number of hydrogen-bond donors (Lipinski definition) is 1. The van der Waals surface area contributed by atoms with Crippen LogP contribution in [0.15, 0.2) is 34.9 Å². The number of rotatable bonds is 2. The largest absolute Gasteiger partial charge is 0.488 e. The highest BCUT2D eigenvalue weighted by atomic mass is 16.6. The van der Waals surface area contributed by atoms with Crippen LogP contribution in [0, 0.1) is 34.5 Å². The molecule has 5 rings (SSSR count). The predicted molar refractivity (Wildman–Crippen MR) is 118 cm³/mol. The molecule has 7 heteroatoms. The number of carbonyl (C=O) groups excluding carboxylic acids is 2. The molecule has 5 aliphatic rings. The third kappa shape index (κ3) is 2.53. The maximum atomic E-state index is 14.4. The summed E-state index contributed by atoms with van der Waals surface area (Å²) in [6.45, 7) is 12.0. The summed E-state index contributed by atoms with van der Waals surface area (Å²) in [6.07, 6.45) is 4.57. The molecule has 1 radical (unpaired) electrons. The first-order valence-corrected chi connectivity index (χ1v) is 11.6. The van der Waals surface area contributed by atoms with Gasteiger partial charge in [-0.25, -0.2) is 4.79 Å². The normalized spacial score (nSPS) is 46.3. The van der Waals surface area contributed by atoms with Crippen LogP contribution in [0.25, 0.3) is 0 Å². The van der Waals surface area contributed by atoms with E-state index >= 15 is 0 Å². The average molecular weight is 439 g/mol. The molecular formula is C25H32BO6. The van der Waals surface area contributed by atoms with Crippen LogP contribution in [0.3, 0.4) is 0 Å². The second kappa shape index (κ2) is 6.91. The fourth-order valence-corrected chi connectivity index (χ4v) is 7.29. The number of aliphatic hydroxyl groups is 1. The van der Waals surface area contributed by atoms with Gasteiger partial charge in [0, 0.05) is 11.5 Å². The Hall–Kier alpha value is -1.70. The van der Waals surface area contributed by atoms with Gasteiger partial charge in [0.05, 0.1) is 18.1 Å². The molecule has 1 heterocycles. The minimum absolute atomic E-state index is 0.0109. The Morgan fingerprint density at radius 1 is 1.38 bits per heavy atom. The van der Waals surface area contributed by atoms with Crippen molar-refractivity contribution in [3.8, 4) is 0 Å². The number of carbonyl (C=O) groups is 2. The van der Waals surface area contributed by atoms with E-state index in [0.29, 0.717) is 17.1 Å². The summed E-state index contributed by atoms with van der Waals surface area (Å²) in [6, 6.07) is 0. The molecule has 3 fully saturated rings. The van der Waals surface area contributed by atoms with Crippen molar-refractivity contribution < 1.29 is 28.7 Å². The fourth-order valence-electron chi connectivity index (χ4n) is 7.29. The highest BCUT2D eigenvalue weighted by molar-refractivity contribution is 6.18. The highest BCUT2D eigenvalue weighted by Crippen LogP contribution is 2.72. The summed E-state index contributed by atoms with van der Waals surface area (Å²) < 4.78 is 17.3. The number of ether oxygens (including phenoxy) is 1. The molecule has 32 heavy (non-hydrogen) atoms. The standard InChI is InChI=1S/C25H32BO6/c1-7-12(2)22(28)31-20-13(3)10-24-14(4)8-17-18(23(17,5)6)16(19(24)27)9-15-11-30-26-32-21(15)25(20,24)29/h7,9-10,14,16-18,20-21,29H,8,11H2,1-6H3/b12-7-/t14?,16-,17+,18-,20-,21+,24+,25+/m0/s1. The molecule has 0 aromatic carbocycles. The first kappa shape index (κ1) is 22.1. The van der Waals surface area contributed by atoms with E-state index in [1.807, 2.05) is 19.1 Å². The van der Waals surface area contributed by atoms with Gasteiger partial charge in [0.2, 0.25) is 0 Å². The van der Waals surface area contributed by atoms with E-state index in [2.05, 4.69) is 20.8 Å². The zero-order valence-corrected chi connectivity index (χ0v) is 19.7. The van der Waals surface area contributed by atoms with Gasteiger partial charge in [-0.3, -0.25) is 4.79 Å². The number of hydrogen-bond acceptors (Lipinski definition) is 6. The van der Waals surface area contributed by atoms with E-state index in [4.69, 9.17) is 14.0 Å². The Bertz CT molecular complexity index is 979. The third-order valence-electron chi connectivity index (χ3n) is 9.17. The quantitative estimate of drug-likeness (QED) is 0.309. The first-order valence-electron chi connectivity index (χ1n) is 11.6. The zero-order chi connectivity index (χ0) is 23.2. The number of allylic oxidation sites excluding steroid dienone is 2. The molecule has 0 aromatic rings. The molecule has 8 atom stereocenters. The molecule has 1 saturated heterocycles. The van der Waals surface area contributed by atoms with Gasteiger partial charge in [0.1, 0.15) is 5.60 Å². The number of Topliss-reactive ketones (excluding diaryl/α,β-unsaturated/α-hetero) is 1. The van der Waals surface area contributed by atoms with Gasteiger partial charge in [0.25, 0.3) is 0 Å². The van der Waals surface area contributed by atoms with Crippen molar-refractivity contribution in [2.75, 3.05) is 6.61 Å². The van der Waals surface area contributed by atoms with Gasteiger partial charge in [-0.2, -0.15) is 0 Å². The Kier molecular flexibility index (Phi) is 4.77. The lowest BCUT2D eigenvalue weighted by Gasteiger charge is -2.50. The Morgan fingerprint density at radius 3 is 2.78 bits per heavy atom. The van der Waals surface area contributed by atoms with Crippen LogP contribution >= 0.6 is 0 Å². The van der Waals surface area contributed by atoms with Crippen LogP contribution in [-0.2, 0) is 23.6 Å². The van der Waals surface area contributed by atoms with Crippen LogP contribution < -0.4 is 0 Å². The van der Waals surface area contributed by atoms with Crippen LogP contribution in [-0.4, -0.2) is 49.0 Å². The van der Waals surface area contributed by atoms with E-state index in [1.54, 1.807) is 19.9 Å². The molecule has 2 bridgehead atoms. The molecule has 4 aliphatic carbocycles. The van der Waals surface area contributed by atoms with Crippen LogP contribution in [0.4, 0.5) is 0 Å². The highest BCUT2D eigenvalue weighted by Gasteiger charge is 2.76. The lowest BCUT2D eigenvalue weighted by Crippen LogP contribution is -2.67. The Morgan fingerprint density at radius 2 is 2.09 bits per heavy atom. The smallest absolute Gasteiger partial charge is 0.451 e. The molecule has 2 saturated carbocycles. The van der Waals surface area contributed by atoms with E-state index < -0.39 is 29.2 Å². The van der Waals surface area contributed by atoms with Gasteiger partial charge in [-0.1, -0.05) is 39.0 Å². The lowest BCUT2D eigenvalue weighted by atomic mass is 9.58. The summed E-state index contributed by atoms with van der Waals surface area (Å²) in [5.41, 5.74) is -0.993. The Balaban J connectivity index is 1.70. The third-order valence-corrected chi connectivity index (χ3v) is 9.17. The second-order valence-electron chi connectivity index (χ2n) is 11.0. The van der Waals surface area contributed by atoms with E-state index in [1.165, 1.54) is 7.69 Å². The summed E-state index contributed by atoms with van der Waals surface area (Å²) in [5, 5.41) is 12.6. The first-order chi connectivity index (χ1) is 15.0. The summed E-state index contributed by atoms with van der Waals surface area (Å²) in [7, 11) is 1.24. The molecule has 0 aromatic heterocycles. The van der Waals surface area contributed by atoms with Crippen molar-refractivity contribution in [1.82, 2.24) is 0 Å². The number of esters is 1. The molecule has 1 spiro atoms. The van der Waals surface area contributed by atoms with Gasteiger partial charge < -0.3 is 19.2 Å².